The third-order valence-electron chi connectivity index (χ3n) is 4.55. The van der Waals surface area contributed by atoms with Crippen molar-refractivity contribution in [1.29, 1.82) is 0 Å². The van der Waals surface area contributed by atoms with Crippen LogP contribution < -0.4 is 19.5 Å². The maximum Gasteiger partial charge on any atom is 0.234 e. The van der Waals surface area contributed by atoms with E-state index < -0.39 is 0 Å². The van der Waals surface area contributed by atoms with Crippen LogP contribution in [0.15, 0.2) is 47.6 Å². The second-order valence-electron chi connectivity index (χ2n) is 6.71. The number of ether oxygens (including phenoxy) is 3. The average Bonchev–Trinajstić information content (AvgIpc) is 3.21. The SMILES string of the molecule is CCn1c(SCC(=O)Nc2cc(Cl)ccc2OC)nnc1C(C)Oc1cccc(OC)c1. The number of anilines is 1. The first-order chi connectivity index (χ1) is 15.4. The Morgan fingerprint density at radius 2 is 1.94 bits per heavy atom. The van der Waals surface area contributed by atoms with Crippen molar-refractivity contribution < 1.29 is 19.0 Å². The number of aromatic nitrogens is 3. The molecule has 32 heavy (non-hydrogen) atoms. The van der Waals surface area contributed by atoms with Crippen LogP contribution in [-0.2, 0) is 11.3 Å². The maximum absolute atomic E-state index is 12.5. The van der Waals surface area contributed by atoms with Crippen LogP contribution in [0.5, 0.6) is 17.2 Å². The molecule has 8 nitrogen and oxygen atoms in total. The Kier molecular flexibility index (Phi) is 8.24. The van der Waals surface area contributed by atoms with E-state index >= 15 is 0 Å². The summed E-state index contributed by atoms with van der Waals surface area (Å²) >= 11 is 7.32. The van der Waals surface area contributed by atoms with E-state index in [2.05, 4.69) is 15.5 Å². The normalized spacial score (nSPS) is 11.7. The fourth-order valence-electron chi connectivity index (χ4n) is 3.03. The van der Waals surface area contributed by atoms with Gasteiger partial charge in [0.25, 0.3) is 0 Å². The smallest absolute Gasteiger partial charge is 0.234 e. The largest absolute Gasteiger partial charge is 0.497 e. The van der Waals surface area contributed by atoms with E-state index in [1.165, 1.54) is 18.9 Å². The molecular formula is C22H25ClN4O4S. The molecule has 3 rings (SSSR count). The molecule has 0 fully saturated rings. The topological polar surface area (TPSA) is 87.5 Å². The van der Waals surface area contributed by atoms with Gasteiger partial charge in [0.2, 0.25) is 5.91 Å². The fraction of sp³-hybridized carbons (Fsp3) is 0.318. The second-order valence-corrected chi connectivity index (χ2v) is 8.08. The first-order valence-corrected chi connectivity index (χ1v) is 11.3. The van der Waals surface area contributed by atoms with Crippen LogP contribution >= 0.6 is 23.4 Å². The molecule has 1 aromatic heterocycles. The molecule has 170 valence electrons. The Morgan fingerprint density at radius 1 is 1.16 bits per heavy atom. The van der Waals surface area contributed by atoms with E-state index in [0.29, 0.717) is 45.5 Å². The number of nitrogens with zero attached hydrogens (tertiary/aromatic N) is 3. The van der Waals surface area contributed by atoms with Crippen molar-refractivity contribution in [1.82, 2.24) is 14.8 Å². The predicted molar refractivity (Wildman–Crippen MR) is 125 cm³/mol. The number of benzene rings is 2. The summed E-state index contributed by atoms with van der Waals surface area (Å²) in [6.45, 7) is 4.54. The molecule has 0 saturated carbocycles. The van der Waals surface area contributed by atoms with Crippen LogP contribution in [0.2, 0.25) is 5.02 Å². The van der Waals surface area contributed by atoms with Crippen molar-refractivity contribution in [2.75, 3.05) is 25.3 Å². The lowest BCUT2D eigenvalue weighted by Gasteiger charge is -2.16. The van der Waals surface area contributed by atoms with E-state index in [1.54, 1.807) is 25.3 Å². The number of hydrogen-bond donors (Lipinski definition) is 1. The van der Waals surface area contributed by atoms with Gasteiger partial charge in [-0.3, -0.25) is 4.79 Å². The van der Waals surface area contributed by atoms with Crippen molar-refractivity contribution in [2.45, 2.75) is 31.7 Å². The molecule has 3 aromatic rings. The third kappa shape index (κ3) is 5.86. The second kappa shape index (κ2) is 11.1. The van der Waals surface area contributed by atoms with Crippen molar-refractivity contribution >= 4 is 35.0 Å². The van der Waals surface area contributed by atoms with Crippen LogP contribution in [0.3, 0.4) is 0 Å². The minimum Gasteiger partial charge on any atom is -0.497 e. The third-order valence-corrected chi connectivity index (χ3v) is 5.75. The lowest BCUT2D eigenvalue weighted by molar-refractivity contribution is -0.113. The monoisotopic (exact) mass is 476 g/mol. The van der Waals surface area contributed by atoms with Crippen molar-refractivity contribution in [3.8, 4) is 17.2 Å². The van der Waals surface area contributed by atoms with Crippen molar-refractivity contribution in [2.24, 2.45) is 0 Å². The zero-order chi connectivity index (χ0) is 23.1. The number of rotatable bonds is 10. The summed E-state index contributed by atoms with van der Waals surface area (Å²) in [5.41, 5.74) is 0.517. The molecule has 1 unspecified atom stereocenters. The predicted octanol–water partition coefficient (Wildman–Crippen LogP) is 4.84. The standard InChI is InChI=1S/C22H25ClN4O4S/c1-5-27-21(14(2)31-17-8-6-7-16(12-17)29-3)25-26-22(27)32-13-20(28)24-18-11-15(23)9-10-19(18)30-4/h6-12,14H,5,13H2,1-4H3,(H,24,28). The molecule has 0 aliphatic rings. The van der Waals surface area contributed by atoms with Gasteiger partial charge in [0, 0.05) is 17.6 Å². The Bertz CT molecular complexity index is 1080. The van der Waals surface area contributed by atoms with Crippen LogP contribution in [-0.4, -0.2) is 40.6 Å². The summed E-state index contributed by atoms with van der Waals surface area (Å²) in [4.78, 5) is 12.5. The molecule has 0 saturated heterocycles. The van der Waals surface area contributed by atoms with Gasteiger partial charge < -0.3 is 24.1 Å². The molecular weight excluding hydrogens is 452 g/mol. The summed E-state index contributed by atoms with van der Waals surface area (Å²) in [6.07, 6.45) is -0.339. The zero-order valence-corrected chi connectivity index (χ0v) is 19.9. The maximum atomic E-state index is 12.5. The minimum atomic E-state index is -0.339. The summed E-state index contributed by atoms with van der Waals surface area (Å²) in [5.74, 6) is 2.55. The molecule has 0 bridgehead atoms. The molecule has 1 amide bonds. The van der Waals surface area contributed by atoms with Crippen LogP contribution in [0, 0.1) is 0 Å². The van der Waals surface area contributed by atoms with E-state index in [0.717, 1.165) is 0 Å². The van der Waals surface area contributed by atoms with Gasteiger partial charge in [-0.25, -0.2) is 0 Å². The minimum absolute atomic E-state index is 0.152. The first kappa shape index (κ1) is 23.7. The Labute approximate surface area is 196 Å². The van der Waals surface area contributed by atoms with Gasteiger partial charge >= 0.3 is 0 Å². The quantitative estimate of drug-likeness (QED) is 0.419. The van der Waals surface area contributed by atoms with Crippen LogP contribution in [0.4, 0.5) is 5.69 Å². The molecule has 10 heteroatoms. The van der Waals surface area contributed by atoms with Gasteiger partial charge in [-0.05, 0) is 44.2 Å². The Hall–Kier alpha value is -2.91. The van der Waals surface area contributed by atoms with Crippen molar-refractivity contribution in [3.63, 3.8) is 0 Å². The van der Waals surface area contributed by atoms with Gasteiger partial charge in [-0.1, -0.05) is 29.4 Å². The first-order valence-electron chi connectivity index (χ1n) is 9.95. The number of amides is 1. The number of halogens is 1. The summed E-state index contributed by atoms with van der Waals surface area (Å²) in [7, 11) is 3.14. The van der Waals surface area contributed by atoms with E-state index in [9.17, 15) is 4.79 Å². The van der Waals surface area contributed by atoms with E-state index in [4.69, 9.17) is 25.8 Å². The molecule has 0 radical (unpaired) electrons. The Morgan fingerprint density at radius 3 is 2.66 bits per heavy atom. The lowest BCUT2D eigenvalue weighted by atomic mass is 10.3. The van der Waals surface area contributed by atoms with E-state index in [1.807, 2.05) is 42.7 Å². The lowest BCUT2D eigenvalue weighted by Crippen LogP contribution is -2.16. The summed E-state index contributed by atoms with van der Waals surface area (Å²) in [5, 5.41) is 12.5. The highest BCUT2D eigenvalue weighted by Gasteiger charge is 2.20. The molecule has 0 spiro atoms. The number of carbonyl (C=O) groups excluding carboxylic acids is 1. The summed E-state index contributed by atoms with van der Waals surface area (Å²) < 4.78 is 18.5. The molecule has 1 heterocycles. The van der Waals surface area contributed by atoms with E-state index in [-0.39, 0.29) is 17.8 Å². The van der Waals surface area contributed by atoms with Gasteiger partial charge in [0.1, 0.15) is 17.2 Å². The van der Waals surface area contributed by atoms with Gasteiger partial charge in [-0.2, -0.15) is 0 Å². The number of hydrogen-bond acceptors (Lipinski definition) is 7. The highest BCUT2D eigenvalue weighted by Crippen LogP contribution is 2.29. The van der Waals surface area contributed by atoms with Gasteiger partial charge in [0.05, 0.1) is 25.7 Å². The summed E-state index contributed by atoms with van der Waals surface area (Å²) in [6, 6.07) is 12.4. The molecule has 0 aliphatic heterocycles. The Balaban J connectivity index is 1.65. The molecule has 0 aliphatic carbocycles. The highest BCUT2D eigenvalue weighted by atomic mass is 35.5. The molecule has 2 aromatic carbocycles. The fourth-order valence-corrected chi connectivity index (χ4v) is 4.01. The molecule has 1 atom stereocenters. The highest BCUT2D eigenvalue weighted by molar-refractivity contribution is 7.99. The number of methoxy groups -OCH3 is 2. The van der Waals surface area contributed by atoms with Crippen LogP contribution in [0.25, 0.3) is 0 Å². The molecule has 1 N–H and O–H groups in total. The van der Waals surface area contributed by atoms with Gasteiger partial charge in [-0.15, -0.1) is 10.2 Å². The number of nitrogens with one attached hydrogen (secondary N) is 1. The van der Waals surface area contributed by atoms with Gasteiger partial charge in [0.15, 0.2) is 17.1 Å². The van der Waals surface area contributed by atoms with Crippen LogP contribution in [0.1, 0.15) is 25.8 Å². The van der Waals surface area contributed by atoms with Crippen molar-refractivity contribution in [3.05, 3.63) is 53.3 Å². The average molecular weight is 477 g/mol. The zero-order valence-electron chi connectivity index (χ0n) is 18.3. The number of thioether (sulfide) groups is 1. The number of carbonyl (C=O) groups is 1.